The van der Waals surface area contributed by atoms with Gasteiger partial charge in [-0.2, -0.15) is 0 Å². The Labute approximate surface area is 143 Å². The van der Waals surface area contributed by atoms with Crippen LogP contribution in [0.15, 0.2) is 47.4 Å². The monoisotopic (exact) mass is 346 g/mol. The molecule has 2 aromatic rings. The number of sulfonamides is 1. The molecule has 128 valence electrons. The lowest BCUT2D eigenvalue weighted by Crippen LogP contribution is -2.28. The van der Waals surface area contributed by atoms with E-state index in [9.17, 15) is 13.2 Å². The summed E-state index contributed by atoms with van der Waals surface area (Å²) in [5, 5.41) is 2.74. The van der Waals surface area contributed by atoms with Crippen LogP contribution in [0.1, 0.15) is 23.1 Å². The van der Waals surface area contributed by atoms with Crippen molar-refractivity contribution in [1.29, 1.82) is 0 Å². The summed E-state index contributed by atoms with van der Waals surface area (Å²) in [6.45, 7) is 5.60. The van der Waals surface area contributed by atoms with Gasteiger partial charge in [0.2, 0.25) is 15.9 Å². The van der Waals surface area contributed by atoms with E-state index in [2.05, 4.69) is 10.0 Å². The predicted octanol–water partition coefficient (Wildman–Crippen LogP) is 2.92. The van der Waals surface area contributed by atoms with Gasteiger partial charge in [-0.05, 0) is 50.1 Å². The summed E-state index contributed by atoms with van der Waals surface area (Å²) in [4.78, 5) is 12.1. The number of amides is 1. The molecule has 0 aliphatic heterocycles. The summed E-state index contributed by atoms with van der Waals surface area (Å²) < 4.78 is 27.2. The molecule has 0 aromatic heterocycles. The highest BCUT2D eigenvalue weighted by molar-refractivity contribution is 7.89. The molecule has 0 unspecified atom stereocenters. The Bertz CT molecular complexity index is 828. The van der Waals surface area contributed by atoms with Crippen molar-refractivity contribution in [2.24, 2.45) is 0 Å². The molecule has 0 saturated heterocycles. The van der Waals surface area contributed by atoms with Gasteiger partial charge in [-0.1, -0.05) is 29.8 Å². The first kappa shape index (κ1) is 18.2. The molecule has 24 heavy (non-hydrogen) atoms. The zero-order valence-electron chi connectivity index (χ0n) is 14.1. The Hall–Kier alpha value is -2.18. The van der Waals surface area contributed by atoms with Crippen molar-refractivity contribution in [1.82, 2.24) is 4.72 Å². The standard InChI is InChI=1S/C18H22N2O3S/c1-13-5-8-16(9-6-13)20-18(21)10-11-19-24(22,23)17-12-14(2)4-7-15(17)3/h4-9,12,19H,10-11H2,1-3H3,(H,20,21). The molecule has 0 fully saturated rings. The number of nitrogens with one attached hydrogen (secondary N) is 2. The van der Waals surface area contributed by atoms with Crippen LogP contribution < -0.4 is 10.0 Å². The lowest BCUT2D eigenvalue weighted by molar-refractivity contribution is -0.116. The minimum atomic E-state index is -3.62. The third kappa shape index (κ3) is 4.91. The number of anilines is 1. The SMILES string of the molecule is Cc1ccc(NC(=O)CCNS(=O)(=O)c2cc(C)ccc2C)cc1. The molecule has 0 atom stereocenters. The van der Waals surface area contributed by atoms with Gasteiger partial charge >= 0.3 is 0 Å². The summed E-state index contributed by atoms with van der Waals surface area (Å²) >= 11 is 0. The Morgan fingerprint density at radius 2 is 1.58 bits per heavy atom. The first-order valence-electron chi connectivity index (χ1n) is 7.71. The van der Waals surface area contributed by atoms with Crippen molar-refractivity contribution in [3.05, 3.63) is 59.2 Å². The van der Waals surface area contributed by atoms with Crippen LogP contribution in [0.4, 0.5) is 5.69 Å². The van der Waals surface area contributed by atoms with Gasteiger partial charge < -0.3 is 5.32 Å². The number of carbonyl (C=O) groups excluding carboxylic acids is 1. The third-order valence-electron chi connectivity index (χ3n) is 3.61. The maximum absolute atomic E-state index is 12.3. The second-order valence-corrected chi connectivity index (χ2v) is 7.57. The van der Waals surface area contributed by atoms with Gasteiger partial charge in [0.25, 0.3) is 0 Å². The maximum atomic E-state index is 12.3. The quantitative estimate of drug-likeness (QED) is 0.844. The second-order valence-electron chi connectivity index (χ2n) is 5.83. The molecule has 2 N–H and O–H groups in total. The van der Waals surface area contributed by atoms with E-state index in [0.29, 0.717) is 11.3 Å². The fourth-order valence-electron chi connectivity index (χ4n) is 2.23. The lowest BCUT2D eigenvalue weighted by Gasteiger charge is -2.10. The molecule has 0 heterocycles. The minimum absolute atomic E-state index is 0.0490. The van der Waals surface area contributed by atoms with E-state index >= 15 is 0 Å². The largest absolute Gasteiger partial charge is 0.326 e. The summed E-state index contributed by atoms with van der Waals surface area (Å²) in [7, 11) is -3.62. The van der Waals surface area contributed by atoms with Gasteiger partial charge in [0.1, 0.15) is 0 Å². The Kier molecular flexibility index (Phi) is 5.75. The number of aryl methyl sites for hydroxylation is 3. The highest BCUT2D eigenvalue weighted by Crippen LogP contribution is 2.16. The molecule has 0 saturated carbocycles. The molecule has 5 nitrogen and oxygen atoms in total. The van der Waals surface area contributed by atoms with Crippen LogP contribution in [0.5, 0.6) is 0 Å². The predicted molar refractivity (Wildman–Crippen MR) is 95.5 cm³/mol. The Morgan fingerprint density at radius 3 is 2.25 bits per heavy atom. The van der Waals surface area contributed by atoms with Crippen LogP contribution in [0.3, 0.4) is 0 Å². The smallest absolute Gasteiger partial charge is 0.240 e. The maximum Gasteiger partial charge on any atom is 0.240 e. The van der Waals surface area contributed by atoms with E-state index in [1.165, 1.54) is 0 Å². The molecular formula is C18H22N2O3S. The van der Waals surface area contributed by atoms with Crippen LogP contribution in [0.2, 0.25) is 0 Å². The molecule has 0 bridgehead atoms. The van der Waals surface area contributed by atoms with Gasteiger partial charge in [0.15, 0.2) is 0 Å². The zero-order valence-corrected chi connectivity index (χ0v) is 14.9. The van der Waals surface area contributed by atoms with E-state index < -0.39 is 10.0 Å². The average molecular weight is 346 g/mol. The van der Waals surface area contributed by atoms with Gasteiger partial charge in [0.05, 0.1) is 4.90 Å². The van der Waals surface area contributed by atoms with Crippen LogP contribution in [-0.4, -0.2) is 20.9 Å². The number of rotatable bonds is 6. The van der Waals surface area contributed by atoms with Crippen molar-refractivity contribution in [3.63, 3.8) is 0 Å². The summed E-state index contributed by atoms with van der Waals surface area (Å²) in [6.07, 6.45) is 0.0674. The number of hydrogen-bond donors (Lipinski definition) is 2. The first-order valence-corrected chi connectivity index (χ1v) is 9.20. The van der Waals surface area contributed by atoms with Crippen molar-refractivity contribution in [2.45, 2.75) is 32.1 Å². The van der Waals surface area contributed by atoms with Crippen LogP contribution in [0.25, 0.3) is 0 Å². The molecule has 0 aliphatic rings. The summed E-state index contributed by atoms with van der Waals surface area (Å²) in [5.74, 6) is -0.234. The van der Waals surface area contributed by atoms with E-state index in [1.54, 1.807) is 19.1 Å². The fourth-order valence-corrected chi connectivity index (χ4v) is 3.59. The van der Waals surface area contributed by atoms with Gasteiger partial charge in [-0.25, -0.2) is 13.1 Å². The second kappa shape index (κ2) is 7.59. The number of carbonyl (C=O) groups is 1. The van der Waals surface area contributed by atoms with Crippen LogP contribution in [-0.2, 0) is 14.8 Å². The van der Waals surface area contributed by atoms with Gasteiger partial charge in [0, 0.05) is 18.7 Å². The van der Waals surface area contributed by atoms with E-state index in [1.807, 2.05) is 44.2 Å². The Morgan fingerprint density at radius 1 is 0.958 bits per heavy atom. The number of hydrogen-bond acceptors (Lipinski definition) is 3. The summed E-state index contributed by atoms with van der Waals surface area (Å²) in [5.41, 5.74) is 3.35. The molecule has 2 rings (SSSR count). The average Bonchev–Trinajstić information content (AvgIpc) is 2.51. The topological polar surface area (TPSA) is 75.3 Å². The van der Waals surface area contributed by atoms with Crippen LogP contribution in [0, 0.1) is 20.8 Å². The van der Waals surface area contributed by atoms with Crippen molar-refractivity contribution >= 4 is 21.6 Å². The first-order chi connectivity index (χ1) is 11.3. The van der Waals surface area contributed by atoms with E-state index in [0.717, 1.165) is 11.1 Å². The summed E-state index contributed by atoms with van der Waals surface area (Å²) in [6, 6.07) is 12.7. The van der Waals surface area contributed by atoms with Crippen molar-refractivity contribution < 1.29 is 13.2 Å². The molecule has 0 aliphatic carbocycles. The van der Waals surface area contributed by atoms with Gasteiger partial charge in [-0.3, -0.25) is 4.79 Å². The molecule has 0 spiro atoms. The zero-order chi connectivity index (χ0) is 17.7. The minimum Gasteiger partial charge on any atom is -0.326 e. The fraction of sp³-hybridized carbons (Fsp3) is 0.278. The van der Waals surface area contributed by atoms with E-state index in [-0.39, 0.29) is 23.8 Å². The van der Waals surface area contributed by atoms with E-state index in [4.69, 9.17) is 0 Å². The normalized spacial score (nSPS) is 11.3. The number of benzene rings is 2. The molecular weight excluding hydrogens is 324 g/mol. The highest BCUT2D eigenvalue weighted by Gasteiger charge is 2.17. The van der Waals surface area contributed by atoms with Crippen molar-refractivity contribution in [3.8, 4) is 0 Å². The third-order valence-corrected chi connectivity index (χ3v) is 5.22. The lowest BCUT2D eigenvalue weighted by atomic mass is 10.2. The van der Waals surface area contributed by atoms with Gasteiger partial charge in [-0.15, -0.1) is 0 Å². The highest BCUT2D eigenvalue weighted by atomic mass is 32.2. The van der Waals surface area contributed by atoms with Crippen LogP contribution >= 0.6 is 0 Å². The molecule has 1 amide bonds. The molecule has 0 radical (unpaired) electrons. The molecule has 6 heteroatoms. The Balaban J connectivity index is 1.91. The van der Waals surface area contributed by atoms with Crippen molar-refractivity contribution in [2.75, 3.05) is 11.9 Å². The molecule has 2 aromatic carbocycles.